The summed E-state index contributed by atoms with van der Waals surface area (Å²) in [5, 5.41) is 0. The summed E-state index contributed by atoms with van der Waals surface area (Å²) < 4.78 is 26.8. The first-order valence-corrected chi connectivity index (χ1v) is 7.80. The summed E-state index contributed by atoms with van der Waals surface area (Å²) in [4.78, 5) is 0. The summed E-state index contributed by atoms with van der Waals surface area (Å²) in [5.41, 5.74) is 1.70. The Kier molecular flexibility index (Phi) is 4.65. The van der Waals surface area contributed by atoms with E-state index in [9.17, 15) is 0 Å². The molecule has 1 aliphatic heterocycles. The zero-order chi connectivity index (χ0) is 16.3. The van der Waals surface area contributed by atoms with E-state index >= 15 is 4.39 Å². The van der Waals surface area contributed by atoms with Crippen LogP contribution in [0.5, 0.6) is 0 Å². The van der Waals surface area contributed by atoms with Gasteiger partial charge in [0.15, 0.2) is 0 Å². The van der Waals surface area contributed by atoms with Crippen molar-refractivity contribution in [2.75, 3.05) is 13.2 Å². The lowest BCUT2D eigenvalue weighted by Crippen LogP contribution is -2.41. The molecular weight excluding hydrogens is 290 g/mol. The predicted octanol–water partition coefficient (Wildman–Crippen LogP) is 4.62. The average Bonchev–Trinajstić information content (AvgIpc) is 2.58. The van der Waals surface area contributed by atoms with Gasteiger partial charge >= 0.3 is 7.12 Å². The van der Waals surface area contributed by atoms with Crippen LogP contribution < -0.4 is 0 Å². The maximum absolute atomic E-state index is 15.2. The van der Waals surface area contributed by atoms with E-state index in [-0.39, 0.29) is 11.2 Å². The minimum Gasteiger partial charge on any atom is -0.407 e. The molecule has 0 aromatic heterocycles. The molecule has 0 saturated carbocycles. The number of hydrogen-bond acceptors (Lipinski definition) is 2. The molecule has 0 N–H and O–H groups in total. The van der Waals surface area contributed by atoms with E-state index in [0.29, 0.717) is 24.2 Å². The van der Waals surface area contributed by atoms with Crippen LogP contribution in [0.15, 0.2) is 60.7 Å². The standard InChI is InChI=1S/C19H20BFO2/c1-19(2)13-22-20(23-14-19)17(15-9-5-3-6-10-15)18(21)16-11-7-4-8-12-16/h3-12H,13-14H2,1-2H3/b18-17-. The van der Waals surface area contributed by atoms with E-state index in [1.54, 1.807) is 12.1 Å². The second kappa shape index (κ2) is 6.69. The van der Waals surface area contributed by atoms with Gasteiger partial charge in [0.05, 0.1) is 0 Å². The van der Waals surface area contributed by atoms with Crippen LogP contribution in [0.2, 0.25) is 0 Å². The number of hydrogen-bond donors (Lipinski definition) is 0. The number of rotatable bonds is 3. The maximum atomic E-state index is 15.2. The Labute approximate surface area is 137 Å². The molecule has 0 radical (unpaired) electrons. The van der Waals surface area contributed by atoms with E-state index in [2.05, 4.69) is 13.8 Å². The monoisotopic (exact) mass is 310 g/mol. The molecule has 3 rings (SSSR count). The second-order valence-corrected chi connectivity index (χ2v) is 6.58. The van der Waals surface area contributed by atoms with Crippen molar-refractivity contribution in [3.05, 3.63) is 71.8 Å². The SMILES string of the molecule is CC1(C)COB(/C(=C(\F)c2ccccc2)c2ccccc2)OC1. The van der Waals surface area contributed by atoms with Crippen molar-refractivity contribution in [1.82, 2.24) is 0 Å². The van der Waals surface area contributed by atoms with E-state index in [1.807, 2.05) is 48.5 Å². The van der Waals surface area contributed by atoms with E-state index in [0.717, 1.165) is 5.56 Å². The van der Waals surface area contributed by atoms with Gasteiger partial charge in [-0.25, -0.2) is 4.39 Å². The third-order valence-electron chi connectivity index (χ3n) is 3.84. The lowest BCUT2D eigenvalue weighted by Gasteiger charge is -2.34. The summed E-state index contributed by atoms with van der Waals surface area (Å²) in [6, 6.07) is 18.5. The molecule has 118 valence electrons. The molecule has 0 unspecified atom stereocenters. The maximum Gasteiger partial charge on any atom is 0.497 e. The zero-order valence-corrected chi connectivity index (χ0v) is 13.5. The molecule has 0 aliphatic carbocycles. The summed E-state index contributed by atoms with van der Waals surface area (Å²) in [6.07, 6.45) is 0. The van der Waals surface area contributed by atoms with Gasteiger partial charge in [0.2, 0.25) is 0 Å². The van der Waals surface area contributed by atoms with Gasteiger partial charge in [0, 0.05) is 29.7 Å². The van der Waals surface area contributed by atoms with Crippen LogP contribution in [0.3, 0.4) is 0 Å². The third-order valence-corrected chi connectivity index (χ3v) is 3.84. The van der Waals surface area contributed by atoms with Gasteiger partial charge in [-0.3, -0.25) is 0 Å². The average molecular weight is 310 g/mol. The summed E-state index contributed by atoms with van der Waals surface area (Å²) in [7, 11) is -0.689. The van der Waals surface area contributed by atoms with Crippen LogP contribution in [0.1, 0.15) is 25.0 Å². The smallest absolute Gasteiger partial charge is 0.407 e. The van der Waals surface area contributed by atoms with Crippen molar-refractivity contribution in [3.8, 4) is 0 Å². The van der Waals surface area contributed by atoms with Gasteiger partial charge in [0.25, 0.3) is 0 Å². The fourth-order valence-electron chi connectivity index (χ4n) is 2.58. The highest BCUT2D eigenvalue weighted by molar-refractivity contribution is 6.70. The molecule has 1 fully saturated rings. The molecule has 0 atom stereocenters. The quantitative estimate of drug-likeness (QED) is 0.608. The van der Waals surface area contributed by atoms with Gasteiger partial charge in [-0.05, 0) is 5.56 Å². The fraction of sp³-hybridized carbons (Fsp3) is 0.263. The molecule has 4 heteroatoms. The largest absolute Gasteiger partial charge is 0.497 e. The van der Waals surface area contributed by atoms with Gasteiger partial charge in [-0.1, -0.05) is 74.5 Å². The van der Waals surface area contributed by atoms with Gasteiger partial charge in [-0.15, -0.1) is 0 Å². The van der Waals surface area contributed by atoms with Gasteiger partial charge in [-0.2, -0.15) is 0 Å². The minimum atomic E-state index is -0.689. The summed E-state index contributed by atoms with van der Waals surface area (Å²) in [6.45, 7) is 5.22. The third kappa shape index (κ3) is 3.71. The molecule has 2 nitrogen and oxygen atoms in total. The Hall–Kier alpha value is -1.91. The Morgan fingerprint density at radius 1 is 0.870 bits per heavy atom. The molecule has 1 aliphatic rings. The van der Waals surface area contributed by atoms with Crippen molar-refractivity contribution in [2.45, 2.75) is 13.8 Å². The van der Waals surface area contributed by atoms with Crippen LogP contribution >= 0.6 is 0 Å². The molecule has 0 amide bonds. The lowest BCUT2D eigenvalue weighted by atomic mass is 9.70. The fourth-order valence-corrected chi connectivity index (χ4v) is 2.58. The molecule has 2 aromatic rings. The van der Waals surface area contributed by atoms with Crippen LogP contribution in [0.25, 0.3) is 11.3 Å². The van der Waals surface area contributed by atoms with Crippen molar-refractivity contribution >= 4 is 18.4 Å². The minimum absolute atomic E-state index is 0.0540. The van der Waals surface area contributed by atoms with E-state index < -0.39 is 7.12 Å². The molecule has 0 bridgehead atoms. The lowest BCUT2D eigenvalue weighted by molar-refractivity contribution is 0.0348. The van der Waals surface area contributed by atoms with Crippen molar-refractivity contribution in [1.29, 1.82) is 0 Å². The van der Waals surface area contributed by atoms with Crippen molar-refractivity contribution in [3.63, 3.8) is 0 Å². The molecule has 1 heterocycles. The Bertz CT molecular complexity index is 673. The molecule has 1 saturated heterocycles. The van der Waals surface area contributed by atoms with Gasteiger partial charge < -0.3 is 9.31 Å². The molecular formula is C19H20BFO2. The van der Waals surface area contributed by atoms with Gasteiger partial charge in [0.1, 0.15) is 5.83 Å². The topological polar surface area (TPSA) is 18.5 Å². The highest BCUT2D eigenvalue weighted by Crippen LogP contribution is 2.33. The number of benzene rings is 2. The molecule has 2 aromatic carbocycles. The first-order chi connectivity index (χ1) is 11.1. The predicted molar refractivity (Wildman–Crippen MR) is 92.2 cm³/mol. The van der Waals surface area contributed by atoms with Crippen LogP contribution in [0.4, 0.5) is 4.39 Å². The van der Waals surface area contributed by atoms with E-state index in [1.165, 1.54) is 0 Å². The Morgan fingerprint density at radius 3 is 1.87 bits per heavy atom. The van der Waals surface area contributed by atoms with Crippen LogP contribution in [-0.4, -0.2) is 20.3 Å². The second-order valence-electron chi connectivity index (χ2n) is 6.58. The highest BCUT2D eigenvalue weighted by atomic mass is 19.1. The first-order valence-electron chi connectivity index (χ1n) is 7.80. The normalized spacial score (nSPS) is 18.5. The highest BCUT2D eigenvalue weighted by Gasteiger charge is 2.37. The van der Waals surface area contributed by atoms with E-state index in [4.69, 9.17) is 9.31 Å². The summed E-state index contributed by atoms with van der Waals surface area (Å²) in [5.74, 6) is -0.304. The van der Waals surface area contributed by atoms with Crippen molar-refractivity contribution in [2.24, 2.45) is 5.41 Å². The van der Waals surface area contributed by atoms with Crippen LogP contribution in [-0.2, 0) is 9.31 Å². The molecule has 23 heavy (non-hydrogen) atoms. The Morgan fingerprint density at radius 2 is 1.35 bits per heavy atom. The van der Waals surface area contributed by atoms with Crippen LogP contribution in [0, 0.1) is 5.41 Å². The van der Waals surface area contributed by atoms with Crippen molar-refractivity contribution < 1.29 is 13.7 Å². The zero-order valence-electron chi connectivity index (χ0n) is 13.5. The molecule has 0 spiro atoms. The number of halogens is 1. The summed E-state index contributed by atoms with van der Waals surface area (Å²) >= 11 is 0. The Balaban J connectivity index is 2.02. The first kappa shape index (κ1) is 16.0.